The first-order valence-electron chi connectivity index (χ1n) is 13.6. The van der Waals surface area contributed by atoms with Gasteiger partial charge in [-0.25, -0.2) is 4.98 Å². The van der Waals surface area contributed by atoms with E-state index in [9.17, 15) is 4.79 Å². The van der Waals surface area contributed by atoms with Crippen LogP contribution in [0.1, 0.15) is 54.7 Å². The zero-order valence-corrected chi connectivity index (χ0v) is 20.9. The molecule has 1 aromatic heterocycles. The van der Waals surface area contributed by atoms with Crippen molar-refractivity contribution < 1.29 is 4.79 Å². The molecule has 4 bridgehead atoms. The number of fused-ring (bicyclic) bond motifs is 1. The Morgan fingerprint density at radius 1 is 0.943 bits per heavy atom. The quantitative estimate of drug-likeness (QED) is 0.521. The van der Waals surface area contributed by atoms with Crippen LogP contribution in [0.2, 0.25) is 0 Å². The maximum atomic E-state index is 13.4. The minimum atomic E-state index is 0.140. The SMILES string of the molecule is Cc1nc2ccccc2n1-c1ccc(C(=O)N(C)[C@@H]2CCN(C3C4CC5CC(C4)CC3C5)C2)cc1. The molecule has 4 aliphatic carbocycles. The molecule has 1 aliphatic heterocycles. The third-order valence-corrected chi connectivity index (χ3v) is 9.76. The summed E-state index contributed by atoms with van der Waals surface area (Å²) in [5, 5.41) is 0. The van der Waals surface area contributed by atoms with E-state index in [4.69, 9.17) is 0 Å². The van der Waals surface area contributed by atoms with Crippen LogP contribution in [0.3, 0.4) is 0 Å². The summed E-state index contributed by atoms with van der Waals surface area (Å²) in [4.78, 5) is 22.9. The third-order valence-electron chi connectivity index (χ3n) is 9.76. The molecule has 1 saturated heterocycles. The number of benzene rings is 2. The number of likely N-dealkylation sites (tertiary alicyclic amines) is 1. The normalized spacial score (nSPS) is 31.9. The highest BCUT2D eigenvalue weighted by Gasteiger charge is 2.51. The lowest BCUT2D eigenvalue weighted by molar-refractivity contribution is -0.0595. The number of amides is 1. The van der Waals surface area contributed by atoms with E-state index in [0.29, 0.717) is 6.04 Å². The minimum absolute atomic E-state index is 0.140. The largest absolute Gasteiger partial charge is 0.337 e. The summed E-state index contributed by atoms with van der Waals surface area (Å²) < 4.78 is 2.16. The van der Waals surface area contributed by atoms with Gasteiger partial charge in [0.25, 0.3) is 5.91 Å². The molecule has 4 saturated carbocycles. The van der Waals surface area contributed by atoms with Crippen LogP contribution < -0.4 is 0 Å². The van der Waals surface area contributed by atoms with Gasteiger partial charge in [0, 0.05) is 43.5 Å². The predicted molar refractivity (Wildman–Crippen MR) is 139 cm³/mol. The van der Waals surface area contributed by atoms with Gasteiger partial charge in [-0.15, -0.1) is 0 Å². The maximum Gasteiger partial charge on any atom is 0.253 e. The van der Waals surface area contributed by atoms with E-state index in [1.165, 1.54) is 32.1 Å². The summed E-state index contributed by atoms with van der Waals surface area (Å²) in [6, 6.07) is 17.4. The van der Waals surface area contributed by atoms with Crippen LogP contribution in [0.5, 0.6) is 0 Å². The van der Waals surface area contributed by atoms with Crippen molar-refractivity contribution in [2.24, 2.45) is 23.7 Å². The van der Waals surface area contributed by atoms with Gasteiger partial charge in [0.1, 0.15) is 5.82 Å². The Kier molecular flexibility index (Phi) is 5.06. The number of likely N-dealkylation sites (N-methyl/N-ethyl adjacent to an activating group) is 1. The van der Waals surface area contributed by atoms with Gasteiger partial charge < -0.3 is 4.90 Å². The fourth-order valence-corrected chi connectivity index (χ4v) is 8.44. The van der Waals surface area contributed by atoms with Crippen molar-refractivity contribution in [1.82, 2.24) is 19.4 Å². The Labute approximate surface area is 208 Å². The monoisotopic (exact) mass is 468 g/mol. The molecule has 2 aromatic carbocycles. The molecule has 5 fully saturated rings. The second-order valence-corrected chi connectivity index (χ2v) is 11.8. The lowest BCUT2D eigenvalue weighted by Gasteiger charge is -2.56. The summed E-state index contributed by atoms with van der Waals surface area (Å²) >= 11 is 0. The number of carbonyl (C=O) groups is 1. The second kappa shape index (κ2) is 8.19. The van der Waals surface area contributed by atoms with Crippen LogP contribution in [0.4, 0.5) is 0 Å². The Balaban J connectivity index is 1.05. The molecule has 2 heterocycles. The van der Waals surface area contributed by atoms with E-state index >= 15 is 0 Å². The molecule has 3 aromatic rings. The van der Waals surface area contributed by atoms with Gasteiger partial charge in [0.15, 0.2) is 0 Å². The summed E-state index contributed by atoms with van der Waals surface area (Å²) in [6.45, 7) is 4.23. The summed E-state index contributed by atoms with van der Waals surface area (Å²) in [5.41, 5.74) is 3.91. The van der Waals surface area contributed by atoms with E-state index in [2.05, 4.69) is 32.7 Å². The summed E-state index contributed by atoms with van der Waals surface area (Å²) in [6.07, 6.45) is 8.47. The standard InChI is InChI=1S/C30H36N4O/c1-19-31-27-5-3-4-6-28(27)34(19)25-9-7-22(8-10-25)30(35)32(2)26-11-12-33(18-26)29-23-14-20-13-21(16-23)17-24(29)15-20/h3-10,20-21,23-24,26,29H,11-18H2,1-2H3/t20?,21?,23?,24?,26-,29?/m1/s1. The Morgan fingerprint density at radius 2 is 1.63 bits per heavy atom. The predicted octanol–water partition coefficient (Wildman–Crippen LogP) is 5.30. The number of hydrogen-bond acceptors (Lipinski definition) is 3. The molecule has 35 heavy (non-hydrogen) atoms. The van der Waals surface area contributed by atoms with Crippen molar-refractivity contribution in [2.75, 3.05) is 20.1 Å². The molecule has 0 radical (unpaired) electrons. The topological polar surface area (TPSA) is 41.4 Å². The number of carbonyl (C=O) groups excluding carboxylic acids is 1. The van der Waals surface area contributed by atoms with E-state index < -0.39 is 0 Å². The number of imidazole rings is 1. The van der Waals surface area contributed by atoms with Crippen LogP contribution in [0.25, 0.3) is 16.7 Å². The molecular formula is C30H36N4O. The molecule has 5 heteroatoms. The first-order valence-corrected chi connectivity index (χ1v) is 13.6. The van der Waals surface area contributed by atoms with Gasteiger partial charge in [-0.2, -0.15) is 0 Å². The van der Waals surface area contributed by atoms with Gasteiger partial charge in [0.05, 0.1) is 11.0 Å². The molecule has 5 aliphatic rings. The van der Waals surface area contributed by atoms with Crippen LogP contribution in [0, 0.1) is 30.6 Å². The molecule has 5 nitrogen and oxygen atoms in total. The fourth-order valence-electron chi connectivity index (χ4n) is 8.44. The highest BCUT2D eigenvalue weighted by atomic mass is 16.2. The lowest BCUT2D eigenvalue weighted by Crippen LogP contribution is -2.55. The first kappa shape index (κ1) is 21.6. The van der Waals surface area contributed by atoms with Gasteiger partial charge >= 0.3 is 0 Å². The minimum Gasteiger partial charge on any atom is -0.337 e. The van der Waals surface area contributed by atoms with Crippen molar-refractivity contribution >= 4 is 16.9 Å². The summed E-state index contributed by atoms with van der Waals surface area (Å²) in [5.74, 6) is 4.97. The van der Waals surface area contributed by atoms with Crippen molar-refractivity contribution in [3.05, 3.63) is 59.9 Å². The zero-order valence-electron chi connectivity index (χ0n) is 20.9. The lowest BCUT2D eigenvalue weighted by atomic mass is 9.54. The highest BCUT2D eigenvalue weighted by Crippen LogP contribution is 2.55. The van der Waals surface area contributed by atoms with Gasteiger partial charge in [-0.1, -0.05) is 12.1 Å². The van der Waals surface area contributed by atoms with Gasteiger partial charge in [-0.05, 0) is 106 Å². The molecule has 1 atom stereocenters. The Hall–Kier alpha value is -2.66. The van der Waals surface area contributed by atoms with Crippen molar-refractivity contribution in [3.8, 4) is 5.69 Å². The Bertz CT molecular complexity index is 1230. The first-order chi connectivity index (χ1) is 17.0. The average Bonchev–Trinajstić information content (AvgIpc) is 3.47. The number of nitrogens with zero attached hydrogens (tertiary/aromatic N) is 4. The van der Waals surface area contributed by atoms with Crippen molar-refractivity contribution in [1.29, 1.82) is 0 Å². The van der Waals surface area contributed by atoms with Crippen molar-refractivity contribution in [3.63, 3.8) is 0 Å². The zero-order chi connectivity index (χ0) is 23.7. The second-order valence-electron chi connectivity index (χ2n) is 11.8. The van der Waals surface area contributed by atoms with E-state index in [-0.39, 0.29) is 5.91 Å². The molecule has 0 spiro atoms. The fraction of sp³-hybridized carbons (Fsp3) is 0.533. The molecular weight excluding hydrogens is 432 g/mol. The van der Waals surface area contributed by atoms with Crippen LogP contribution in [0.15, 0.2) is 48.5 Å². The molecule has 182 valence electrons. The van der Waals surface area contributed by atoms with Gasteiger partial charge in [-0.3, -0.25) is 14.3 Å². The number of aryl methyl sites for hydroxylation is 1. The smallest absolute Gasteiger partial charge is 0.253 e. The van der Waals surface area contributed by atoms with E-state index in [1.807, 2.05) is 49.2 Å². The molecule has 8 rings (SSSR count). The maximum absolute atomic E-state index is 13.4. The third kappa shape index (κ3) is 3.54. The van der Waals surface area contributed by atoms with E-state index in [0.717, 1.165) is 77.3 Å². The Morgan fingerprint density at radius 3 is 2.34 bits per heavy atom. The average molecular weight is 469 g/mol. The molecule has 0 unspecified atom stereocenters. The molecule has 0 N–H and O–H groups in total. The van der Waals surface area contributed by atoms with Crippen LogP contribution >= 0.6 is 0 Å². The van der Waals surface area contributed by atoms with Crippen molar-refractivity contribution in [2.45, 2.75) is 57.5 Å². The number of rotatable bonds is 4. The highest BCUT2D eigenvalue weighted by molar-refractivity contribution is 5.94. The summed E-state index contributed by atoms with van der Waals surface area (Å²) in [7, 11) is 2.01. The van der Waals surface area contributed by atoms with Gasteiger partial charge in [0.2, 0.25) is 0 Å². The number of hydrogen-bond donors (Lipinski definition) is 0. The van der Waals surface area contributed by atoms with Crippen LogP contribution in [-0.2, 0) is 0 Å². The number of aromatic nitrogens is 2. The van der Waals surface area contributed by atoms with Crippen LogP contribution in [-0.4, -0.2) is 57.5 Å². The van der Waals surface area contributed by atoms with E-state index in [1.54, 1.807) is 0 Å². The number of para-hydroxylation sites is 2. The molecule has 1 amide bonds.